The molecular formula is C14H16O3. The largest absolute Gasteiger partial charge is 0.462 e. The fraction of sp³-hybridized carbons (Fsp3) is 0.429. The van der Waals surface area contributed by atoms with Gasteiger partial charge in [0.15, 0.2) is 0 Å². The molecule has 0 saturated heterocycles. The average Bonchev–Trinajstić information content (AvgIpc) is 2.76. The van der Waals surface area contributed by atoms with Gasteiger partial charge in [0.2, 0.25) is 0 Å². The van der Waals surface area contributed by atoms with E-state index in [0.29, 0.717) is 18.6 Å². The highest BCUT2D eigenvalue weighted by Crippen LogP contribution is 2.31. The second-order valence-corrected chi connectivity index (χ2v) is 4.26. The van der Waals surface area contributed by atoms with Gasteiger partial charge in [-0.3, -0.25) is 4.79 Å². The maximum absolute atomic E-state index is 11.7. The molecule has 0 aromatic heterocycles. The second-order valence-electron chi connectivity index (χ2n) is 4.26. The molecule has 1 aliphatic rings. The first-order chi connectivity index (χ1) is 8.22. The number of Topliss-reactive ketones (excluding diaryl/α,β-unsaturated/α-hetero) is 1. The van der Waals surface area contributed by atoms with Crippen molar-refractivity contribution in [1.29, 1.82) is 0 Å². The van der Waals surface area contributed by atoms with E-state index in [1.807, 2.05) is 12.1 Å². The highest BCUT2D eigenvalue weighted by Gasteiger charge is 2.26. The van der Waals surface area contributed by atoms with E-state index >= 15 is 0 Å². The Kier molecular flexibility index (Phi) is 3.57. The molecule has 0 amide bonds. The lowest BCUT2D eigenvalue weighted by atomic mass is 9.95. The molecule has 2 rings (SSSR count). The molecule has 0 bridgehead atoms. The Bertz CT molecular complexity index is 437. The smallest absolute Gasteiger partial charge is 0.338 e. The molecule has 3 nitrogen and oxygen atoms in total. The standard InChI is InChI=1S/C14H16O3/c1-2-17-14(16)11-6-3-5-10(9-11)12-7-4-8-13(12)15/h3,5-6,9,12H,2,4,7-8H2,1H3. The van der Waals surface area contributed by atoms with Crippen LogP contribution in [0.2, 0.25) is 0 Å². The van der Waals surface area contributed by atoms with Crippen molar-refractivity contribution in [3.05, 3.63) is 35.4 Å². The van der Waals surface area contributed by atoms with Crippen molar-refractivity contribution < 1.29 is 14.3 Å². The Morgan fingerprint density at radius 1 is 1.47 bits per heavy atom. The monoisotopic (exact) mass is 232 g/mol. The first-order valence-corrected chi connectivity index (χ1v) is 6.02. The summed E-state index contributed by atoms with van der Waals surface area (Å²) in [5.74, 6) is -0.0600. The maximum Gasteiger partial charge on any atom is 0.338 e. The predicted octanol–water partition coefficient (Wildman–Crippen LogP) is 2.70. The minimum absolute atomic E-state index is 0.0237. The van der Waals surface area contributed by atoms with Crippen molar-refractivity contribution in [3.8, 4) is 0 Å². The molecule has 1 unspecified atom stereocenters. The van der Waals surface area contributed by atoms with Gasteiger partial charge in [0.05, 0.1) is 12.2 Å². The first-order valence-electron chi connectivity index (χ1n) is 6.02. The van der Waals surface area contributed by atoms with Crippen LogP contribution in [0, 0.1) is 0 Å². The summed E-state index contributed by atoms with van der Waals surface area (Å²) in [6.07, 6.45) is 2.51. The summed E-state index contributed by atoms with van der Waals surface area (Å²) in [5, 5.41) is 0. The van der Waals surface area contributed by atoms with Crippen molar-refractivity contribution in [2.24, 2.45) is 0 Å². The summed E-state index contributed by atoms with van der Waals surface area (Å²) in [6, 6.07) is 7.23. The number of ether oxygens (including phenoxy) is 1. The summed E-state index contributed by atoms with van der Waals surface area (Å²) in [6.45, 7) is 2.15. The lowest BCUT2D eigenvalue weighted by molar-refractivity contribution is -0.118. The molecule has 0 N–H and O–H groups in total. The van der Waals surface area contributed by atoms with Crippen LogP contribution in [0.4, 0.5) is 0 Å². The number of carbonyl (C=O) groups excluding carboxylic acids is 2. The van der Waals surface area contributed by atoms with Crippen LogP contribution in [0.3, 0.4) is 0 Å². The van der Waals surface area contributed by atoms with Crippen molar-refractivity contribution in [2.45, 2.75) is 32.1 Å². The molecule has 1 aliphatic carbocycles. The Morgan fingerprint density at radius 3 is 2.94 bits per heavy atom. The van der Waals surface area contributed by atoms with Crippen LogP contribution < -0.4 is 0 Å². The van der Waals surface area contributed by atoms with E-state index in [-0.39, 0.29) is 17.7 Å². The second kappa shape index (κ2) is 5.13. The number of carbonyl (C=O) groups is 2. The van der Waals surface area contributed by atoms with Crippen LogP contribution in [0.25, 0.3) is 0 Å². The number of hydrogen-bond donors (Lipinski definition) is 0. The minimum Gasteiger partial charge on any atom is -0.462 e. The third kappa shape index (κ3) is 2.54. The van der Waals surface area contributed by atoms with Crippen LogP contribution in [-0.4, -0.2) is 18.4 Å². The summed E-state index contributed by atoms with van der Waals surface area (Å²) < 4.78 is 4.95. The lowest BCUT2D eigenvalue weighted by Crippen LogP contribution is -2.08. The molecule has 0 radical (unpaired) electrons. The van der Waals surface area contributed by atoms with Gasteiger partial charge in [0, 0.05) is 12.3 Å². The molecule has 1 fully saturated rings. The zero-order valence-electron chi connectivity index (χ0n) is 9.94. The number of esters is 1. The number of hydrogen-bond acceptors (Lipinski definition) is 3. The number of rotatable bonds is 3. The average molecular weight is 232 g/mol. The normalized spacial score (nSPS) is 19.4. The topological polar surface area (TPSA) is 43.4 Å². The Hall–Kier alpha value is -1.64. The lowest BCUT2D eigenvalue weighted by Gasteiger charge is -2.09. The van der Waals surface area contributed by atoms with Crippen LogP contribution in [0.1, 0.15) is 48.0 Å². The molecule has 90 valence electrons. The van der Waals surface area contributed by atoms with Gasteiger partial charge >= 0.3 is 5.97 Å². The zero-order chi connectivity index (χ0) is 12.3. The number of benzene rings is 1. The van der Waals surface area contributed by atoms with Crippen molar-refractivity contribution in [2.75, 3.05) is 6.61 Å². The van der Waals surface area contributed by atoms with Gasteiger partial charge in [-0.25, -0.2) is 4.79 Å². The van der Waals surface area contributed by atoms with Crippen LogP contribution in [0.5, 0.6) is 0 Å². The Labute approximate surface area is 101 Å². The summed E-state index contributed by atoms with van der Waals surface area (Å²) >= 11 is 0. The van der Waals surface area contributed by atoms with Crippen molar-refractivity contribution in [3.63, 3.8) is 0 Å². The Morgan fingerprint density at radius 2 is 2.29 bits per heavy atom. The predicted molar refractivity (Wildman–Crippen MR) is 64.0 cm³/mol. The van der Waals surface area contributed by atoms with Crippen LogP contribution in [0.15, 0.2) is 24.3 Å². The summed E-state index contributed by atoms with van der Waals surface area (Å²) in [4.78, 5) is 23.3. The minimum atomic E-state index is -0.320. The SMILES string of the molecule is CCOC(=O)c1cccc(C2CCCC2=O)c1. The zero-order valence-corrected chi connectivity index (χ0v) is 9.94. The van der Waals surface area contributed by atoms with E-state index in [1.165, 1.54) is 0 Å². The molecule has 0 spiro atoms. The molecule has 1 aromatic carbocycles. The quantitative estimate of drug-likeness (QED) is 0.752. The van der Waals surface area contributed by atoms with E-state index in [0.717, 1.165) is 18.4 Å². The first kappa shape index (κ1) is 11.8. The molecule has 1 aromatic rings. The molecular weight excluding hydrogens is 216 g/mol. The fourth-order valence-corrected chi connectivity index (χ4v) is 2.27. The molecule has 0 heterocycles. The molecule has 17 heavy (non-hydrogen) atoms. The third-order valence-electron chi connectivity index (χ3n) is 3.10. The van der Waals surface area contributed by atoms with Gasteiger partial charge < -0.3 is 4.74 Å². The summed E-state index contributed by atoms with van der Waals surface area (Å²) in [7, 11) is 0. The number of ketones is 1. The van der Waals surface area contributed by atoms with Gasteiger partial charge in [-0.05, 0) is 37.5 Å². The van der Waals surface area contributed by atoms with Gasteiger partial charge in [-0.15, -0.1) is 0 Å². The molecule has 1 saturated carbocycles. The van der Waals surface area contributed by atoms with E-state index in [4.69, 9.17) is 4.74 Å². The third-order valence-corrected chi connectivity index (χ3v) is 3.10. The van der Waals surface area contributed by atoms with Crippen molar-refractivity contribution >= 4 is 11.8 Å². The van der Waals surface area contributed by atoms with Gasteiger partial charge in [-0.1, -0.05) is 12.1 Å². The van der Waals surface area contributed by atoms with Gasteiger partial charge in [0.1, 0.15) is 5.78 Å². The van der Waals surface area contributed by atoms with Gasteiger partial charge in [0.25, 0.3) is 0 Å². The van der Waals surface area contributed by atoms with E-state index in [2.05, 4.69) is 0 Å². The summed E-state index contributed by atoms with van der Waals surface area (Å²) in [5.41, 5.74) is 1.47. The molecule has 0 aliphatic heterocycles. The van der Waals surface area contributed by atoms with Gasteiger partial charge in [-0.2, -0.15) is 0 Å². The highest BCUT2D eigenvalue weighted by molar-refractivity contribution is 5.91. The maximum atomic E-state index is 11.7. The molecule has 1 atom stereocenters. The fourth-order valence-electron chi connectivity index (χ4n) is 2.27. The van der Waals surface area contributed by atoms with Crippen LogP contribution >= 0.6 is 0 Å². The van der Waals surface area contributed by atoms with E-state index in [9.17, 15) is 9.59 Å². The van der Waals surface area contributed by atoms with Crippen LogP contribution in [-0.2, 0) is 9.53 Å². The molecule has 3 heteroatoms. The highest BCUT2D eigenvalue weighted by atomic mass is 16.5. The van der Waals surface area contributed by atoms with E-state index < -0.39 is 0 Å². The van der Waals surface area contributed by atoms with E-state index in [1.54, 1.807) is 19.1 Å². The van der Waals surface area contributed by atoms with Crippen molar-refractivity contribution in [1.82, 2.24) is 0 Å². The Balaban J connectivity index is 2.22.